The first-order valence-electron chi connectivity index (χ1n) is 8.92. The van der Waals surface area contributed by atoms with Crippen LogP contribution in [0.5, 0.6) is 0 Å². The van der Waals surface area contributed by atoms with Crippen LogP contribution in [0.25, 0.3) is 0 Å². The number of fused-ring (bicyclic) bond motifs is 1. The quantitative estimate of drug-likeness (QED) is 0.435. The van der Waals surface area contributed by atoms with Crippen LogP contribution >= 0.6 is 0 Å². The molecule has 2 fully saturated rings. The molecule has 0 aromatic heterocycles. The molecule has 0 spiro atoms. The molecule has 4 nitrogen and oxygen atoms in total. The van der Waals surface area contributed by atoms with Crippen molar-refractivity contribution in [3.05, 3.63) is 0 Å². The molecular weight excluding hydrogens is 357 g/mol. The van der Waals surface area contributed by atoms with Crippen molar-refractivity contribution in [2.24, 2.45) is 5.92 Å². The van der Waals surface area contributed by atoms with Crippen molar-refractivity contribution in [1.82, 2.24) is 0 Å². The highest BCUT2D eigenvalue weighted by Gasteiger charge is 2.46. The molecule has 0 N–H and O–H groups in total. The smallest absolute Gasteiger partial charge is 0.315 e. The molecule has 4 unspecified atom stereocenters. The third kappa shape index (κ3) is 6.85. The van der Waals surface area contributed by atoms with E-state index in [2.05, 4.69) is 45.8 Å². The standard InChI is InChI=1S/C15H34O4Si4/c1-20-17-22(5,6)19-23(7,18-21(2,3)4)11-10-13-8-9-14-15(12-13)16-14/h13-15H,8-12H2,1-7H3. The van der Waals surface area contributed by atoms with Gasteiger partial charge in [-0.05, 0) is 83.5 Å². The Bertz CT molecular complexity index is 401. The van der Waals surface area contributed by atoms with Crippen LogP contribution in [0.2, 0.25) is 51.9 Å². The maximum Gasteiger partial charge on any atom is 0.315 e. The lowest BCUT2D eigenvalue weighted by Gasteiger charge is -2.39. The van der Waals surface area contributed by atoms with E-state index in [0.717, 1.165) is 12.0 Å². The number of epoxide rings is 1. The highest BCUT2D eigenvalue weighted by Crippen LogP contribution is 2.42. The number of rotatable bonds is 9. The van der Waals surface area contributed by atoms with Crippen LogP contribution in [0.15, 0.2) is 0 Å². The monoisotopic (exact) mass is 390 g/mol. The first kappa shape index (κ1) is 20.0. The minimum absolute atomic E-state index is 0.490. The summed E-state index contributed by atoms with van der Waals surface area (Å²) in [6.07, 6.45) is 6.19. The fourth-order valence-electron chi connectivity index (χ4n) is 3.77. The summed E-state index contributed by atoms with van der Waals surface area (Å²) in [6, 6.07) is 1.09. The van der Waals surface area contributed by atoms with Gasteiger partial charge in [0, 0.05) is 0 Å². The van der Waals surface area contributed by atoms with E-state index in [1.54, 1.807) is 0 Å². The lowest BCUT2D eigenvalue weighted by Crippen LogP contribution is -2.54. The van der Waals surface area contributed by atoms with Crippen LogP contribution in [-0.2, 0) is 17.1 Å². The predicted octanol–water partition coefficient (Wildman–Crippen LogP) is 4.27. The molecule has 134 valence electrons. The van der Waals surface area contributed by atoms with Crippen molar-refractivity contribution in [1.29, 1.82) is 0 Å². The van der Waals surface area contributed by atoms with Crippen LogP contribution in [0.4, 0.5) is 0 Å². The molecule has 0 aromatic rings. The second kappa shape index (κ2) is 7.53. The van der Waals surface area contributed by atoms with Gasteiger partial charge >= 0.3 is 17.1 Å². The van der Waals surface area contributed by atoms with E-state index < -0.39 is 25.4 Å². The second-order valence-electron chi connectivity index (χ2n) is 8.59. The lowest BCUT2D eigenvalue weighted by atomic mass is 9.88. The van der Waals surface area contributed by atoms with Gasteiger partial charge in [-0.3, -0.25) is 0 Å². The van der Waals surface area contributed by atoms with Crippen LogP contribution in [0.3, 0.4) is 0 Å². The highest BCUT2D eigenvalue weighted by atomic mass is 28.5. The van der Waals surface area contributed by atoms with E-state index in [4.69, 9.17) is 17.1 Å². The lowest BCUT2D eigenvalue weighted by molar-refractivity contribution is 0.313. The van der Waals surface area contributed by atoms with Crippen LogP contribution in [0, 0.1) is 5.92 Å². The molecule has 1 saturated carbocycles. The Morgan fingerprint density at radius 1 is 1.00 bits per heavy atom. The van der Waals surface area contributed by atoms with Gasteiger partial charge in [-0.15, -0.1) is 0 Å². The maximum atomic E-state index is 6.62. The summed E-state index contributed by atoms with van der Waals surface area (Å²) in [5, 5.41) is 0. The van der Waals surface area contributed by atoms with Gasteiger partial charge in [0.25, 0.3) is 0 Å². The Morgan fingerprint density at radius 3 is 2.26 bits per heavy atom. The summed E-state index contributed by atoms with van der Waals surface area (Å²) < 4.78 is 24.9. The van der Waals surface area contributed by atoms with Crippen molar-refractivity contribution >= 4 is 35.2 Å². The third-order valence-electron chi connectivity index (χ3n) is 4.45. The van der Waals surface area contributed by atoms with Gasteiger partial charge in [0.05, 0.1) is 12.2 Å². The first-order valence-corrected chi connectivity index (χ1v) is 19.1. The van der Waals surface area contributed by atoms with E-state index in [9.17, 15) is 0 Å². The zero-order valence-corrected chi connectivity index (χ0v) is 19.9. The summed E-state index contributed by atoms with van der Waals surface area (Å²) in [5.74, 6) is 0.790. The predicted molar refractivity (Wildman–Crippen MR) is 103 cm³/mol. The molecule has 0 aromatic carbocycles. The Morgan fingerprint density at radius 2 is 1.70 bits per heavy atom. The van der Waals surface area contributed by atoms with Crippen molar-refractivity contribution in [3.8, 4) is 0 Å². The fraction of sp³-hybridized carbons (Fsp3) is 1.00. The van der Waals surface area contributed by atoms with E-state index >= 15 is 0 Å². The molecule has 0 bridgehead atoms. The van der Waals surface area contributed by atoms with Crippen LogP contribution in [0.1, 0.15) is 25.7 Å². The number of ether oxygens (including phenoxy) is 1. The van der Waals surface area contributed by atoms with Gasteiger partial charge in [0.15, 0.2) is 8.32 Å². The molecule has 1 aliphatic carbocycles. The van der Waals surface area contributed by atoms with Gasteiger partial charge in [-0.25, -0.2) is 0 Å². The summed E-state index contributed by atoms with van der Waals surface area (Å²) >= 11 is 0. The number of hydrogen-bond donors (Lipinski definition) is 0. The normalized spacial score (nSPS) is 30.7. The van der Waals surface area contributed by atoms with Crippen LogP contribution < -0.4 is 0 Å². The Hall–Kier alpha value is 0.708. The molecule has 1 aliphatic heterocycles. The molecule has 2 aliphatic rings. The molecule has 4 atom stereocenters. The van der Waals surface area contributed by atoms with Gasteiger partial charge < -0.3 is 17.1 Å². The Labute approximate surface area is 148 Å². The Balaban J connectivity index is 1.94. The van der Waals surface area contributed by atoms with Crippen molar-refractivity contribution in [2.45, 2.75) is 89.8 Å². The van der Waals surface area contributed by atoms with Gasteiger partial charge in [-0.1, -0.05) is 0 Å². The molecule has 2 radical (unpaired) electrons. The van der Waals surface area contributed by atoms with Gasteiger partial charge in [0.1, 0.15) is 0 Å². The summed E-state index contributed by atoms with van der Waals surface area (Å²) in [5.41, 5.74) is 0. The molecule has 23 heavy (non-hydrogen) atoms. The summed E-state index contributed by atoms with van der Waals surface area (Å²) in [7, 11) is -5.41. The highest BCUT2D eigenvalue weighted by molar-refractivity contribution is 6.87. The summed E-state index contributed by atoms with van der Waals surface area (Å²) in [6.45, 7) is 15.5. The zero-order valence-electron chi connectivity index (χ0n) is 15.9. The van der Waals surface area contributed by atoms with E-state index in [0.29, 0.717) is 22.0 Å². The molecule has 2 rings (SSSR count). The minimum Gasteiger partial charge on any atom is -0.437 e. The largest absolute Gasteiger partial charge is 0.437 e. The van der Waals surface area contributed by atoms with Gasteiger partial charge in [-0.2, -0.15) is 0 Å². The average molecular weight is 391 g/mol. The topological polar surface area (TPSA) is 40.2 Å². The number of hydrogen-bond acceptors (Lipinski definition) is 4. The van der Waals surface area contributed by atoms with Crippen molar-refractivity contribution in [2.75, 3.05) is 0 Å². The average Bonchev–Trinajstić information content (AvgIpc) is 3.11. The fourth-order valence-corrected chi connectivity index (χ4v) is 17.9. The molecule has 0 amide bonds. The zero-order chi connectivity index (χ0) is 17.3. The molecule has 1 heterocycles. The van der Waals surface area contributed by atoms with Crippen molar-refractivity contribution in [3.63, 3.8) is 0 Å². The van der Waals surface area contributed by atoms with E-state index in [1.165, 1.54) is 25.7 Å². The summed E-state index contributed by atoms with van der Waals surface area (Å²) in [4.78, 5) is 0. The van der Waals surface area contributed by atoms with Crippen molar-refractivity contribution < 1.29 is 17.1 Å². The first-order chi connectivity index (χ1) is 10.5. The minimum atomic E-state index is -2.19. The molecular formula is C15H34O4Si4. The Kier molecular flexibility index (Phi) is 6.55. The second-order valence-corrected chi connectivity index (χ2v) is 21.2. The molecule has 1 saturated heterocycles. The SMILES string of the molecule is C[Si]O[Si](C)(C)O[Si](C)(CCC1CCC2OC2C1)O[Si](C)(C)C. The molecule has 8 heteroatoms. The maximum absolute atomic E-state index is 6.62. The third-order valence-corrected chi connectivity index (χ3v) is 16.3. The van der Waals surface area contributed by atoms with Gasteiger partial charge in [0.2, 0.25) is 9.76 Å². The van der Waals surface area contributed by atoms with Crippen LogP contribution in [-0.4, -0.2) is 47.4 Å². The van der Waals surface area contributed by atoms with E-state index in [-0.39, 0.29) is 0 Å². The van der Waals surface area contributed by atoms with E-state index in [1.807, 2.05) is 0 Å².